The van der Waals surface area contributed by atoms with E-state index in [2.05, 4.69) is 5.32 Å². The quantitative estimate of drug-likeness (QED) is 0.877. The maximum Gasteiger partial charge on any atom is 0.240 e. The number of nitrogens with one attached hydrogen (secondary N) is 1. The molecule has 0 bridgehead atoms. The molecule has 1 N–H and O–H groups in total. The SMILES string of the molecule is Cc1ccc(C(C)NC(=O)C(C)(C)C#N)s1. The normalized spacial score (nSPS) is 12.9. The van der Waals surface area contributed by atoms with Gasteiger partial charge in [-0.25, -0.2) is 0 Å². The van der Waals surface area contributed by atoms with Gasteiger partial charge in [-0.1, -0.05) is 0 Å². The number of thiophene rings is 1. The Kier molecular flexibility index (Phi) is 3.71. The van der Waals surface area contributed by atoms with Gasteiger partial charge in [0.15, 0.2) is 0 Å². The minimum atomic E-state index is -0.972. The Hall–Kier alpha value is -1.34. The molecule has 1 amide bonds. The predicted octanol–water partition coefficient (Wildman–Crippen LogP) is 2.78. The molecule has 0 spiro atoms. The molecule has 16 heavy (non-hydrogen) atoms. The van der Waals surface area contributed by atoms with Crippen molar-refractivity contribution in [1.29, 1.82) is 5.26 Å². The highest BCUT2D eigenvalue weighted by molar-refractivity contribution is 7.12. The molecule has 0 aliphatic carbocycles. The van der Waals surface area contributed by atoms with Crippen LogP contribution in [0, 0.1) is 23.7 Å². The van der Waals surface area contributed by atoms with Crippen LogP contribution in [0.2, 0.25) is 0 Å². The number of nitrogens with zero attached hydrogens (tertiary/aromatic N) is 1. The summed E-state index contributed by atoms with van der Waals surface area (Å²) in [4.78, 5) is 14.1. The molecule has 0 aliphatic heterocycles. The summed E-state index contributed by atoms with van der Waals surface area (Å²) in [6.45, 7) is 7.20. The number of carbonyl (C=O) groups is 1. The molecule has 4 heteroatoms. The molecular formula is C12H16N2OS. The van der Waals surface area contributed by atoms with E-state index in [0.717, 1.165) is 4.88 Å². The summed E-state index contributed by atoms with van der Waals surface area (Å²) in [5.74, 6) is -0.228. The minimum Gasteiger partial charge on any atom is -0.347 e. The second-order valence-corrected chi connectivity index (χ2v) is 5.70. The zero-order valence-corrected chi connectivity index (χ0v) is 10.8. The molecule has 1 rings (SSSR count). The largest absolute Gasteiger partial charge is 0.347 e. The first-order valence-electron chi connectivity index (χ1n) is 5.15. The van der Waals surface area contributed by atoms with Gasteiger partial charge in [0.05, 0.1) is 12.1 Å². The van der Waals surface area contributed by atoms with Gasteiger partial charge in [0.1, 0.15) is 5.41 Å². The third kappa shape index (κ3) is 2.83. The molecule has 86 valence electrons. The van der Waals surface area contributed by atoms with E-state index < -0.39 is 5.41 Å². The van der Waals surface area contributed by atoms with Crippen molar-refractivity contribution >= 4 is 17.2 Å². The fourth-order valence-electron chi connectivity index (χ4n) is 1.19. The molecule has 1 atom stereocenters. The number of amides is 1. The number of rotatable bonds is 3. The van der Waals surface area contributed by atoms with Gasteiger partial charge in [0.25, 0.3) is 0 Å². The third-order valence-electron chi connectivity index (χ3n) is 2.38. The van der Waals surface area contributed by atoms with Crippen molar-refractivity contribution in [3.05, 3.63) is 21.9 Å². The van der Waals surface area contributed by atoms with Crippen molar-refractivity contribution < 1.29 is 4.79 Å². The average Bonchev–Trinajstić information content (AvgIpc) is 2.64. The lowest BCUT2D eigenvalue weighted by Gasteiger charge is -2.19. The molecule has 0 aromatic carbocycles. The summed E-state index contributed by atoms with van der Waals surface area (Å²) >= 11 is 1.66. The topological polar surface area (TPSA) is 52.9 Å². The second kappa shape index (κ2) is 4.67. The number of carbonyl (C=O) groups excluding carboxylic acids is 1. The Morgan fingerprint density at radius 3 is 2.62 bits per heavy atom. The summed E-state index contributed by atoms with van der Waals surface area (Å²) in [5, 5.41) is 11.7. The molecule has 3 nitrogen and oxygen atoms in total. The minimum absolute atomic E-state index is 0.0428. The Bertz CT molecular complexity index is 428. The number of nitriles is 1. The van der Waals surface area contributed by atoms with E-state index >= 15 is 0 Å². The number of hydrogen-bond acceptors (Lipinski definition) is 3. The first kappa shape index (κ1) is 12.7. The van der Waals surface area contributed by atoms with E-state index in [1.165, 1.54) is 4.88 Å². The van der Waals surface area contributed by atoms with Gasteiger partial charge < -0.3 is 5.32 Å². The molecule has 1 aromatic heterocycles. The van der Waals surface area contributed by atoms with Crippen LogP contribution in [0.4, 0.5) is 0 Å². The van der Waals surface area contributed by atoms with Crippen LogP contribution < -0.4 is 5.32 Å². The highest BCUT2D eigenvalue weighted by atomic mass is 32.1. The molecular weight excluding hydrogens is 220 g/mol. The van der Waals surface area contributed by atoms with Crippen LogP contribution in [0.1, 0.15) is 36.6 Å². The van der Waals surface area contributed by atoms with E-state index in [9.17, 15) is 4.79 Å². The van der Waals surface area contributed by atoms with Gasteiger partial charge in [0, 0.05) is 9.75 Å². The van der Waals surface area contributed by atoms with E-state index in [0.29, 0.717) is 0 Å². The Morgan fingerprint density at radius 2 is 2.19 bits per heavy atom. The van der Waals surface area contributed by atoms with Crippen molar-refractivity contribution in [3.8, 4) is 6.07 Å². The molecule has 0 radical (unpaired) electrons. The highest BCUT2D eigenvalue weighted by Gasteiger charge is 2.28. The van der Waals surface area contributed by atoms with Crippen molar-refractivity contribution in [2.45, 2.75) is 33.7 Å². The zero-order chi connectivity index (χ0) is 12.3. The van der Waals surface area contributed by atoms with Crippen molar-refractivity contribution in [3.63, 3.8) is 0 Å². The molecule has 0 aliphatic rings. The Morgan fingerprint density at radius 1 is 1.56 bits per heavy atom. The lowest BCUT2D eigenvalue weighted by Crippen LogP contribution is -2.37. The van der Waals surface area contributed by atoms with Gasteiger partial charge in [-0.05, 0) is 39.8 Å². The van der Waals surface area contributed by atoms with Crippen LogP contribution in [0.3, 0.4) is 0 Å². The van der Waals surface area contributed by atoms with Crippen LogP contribution in [0.25, 0.3) is 0 Å². The summed E-state index contributed by atoms with van der Waals surface area (Å²) in [6, 6.07) is 5.98. The average molecular weight is 236 g/mol. The van der Waals surface area contributed by atoms with Crippen LogP contribution in [0.15, 0.2) is 12.1 Å². The van der Waals surface area contributed by atoms with E-state index in [1.807, 2.05) is 32.0 Å². The van der Waals surface area contributed by atoms with Crippen LogP contribution in [0.5, 0.6) is 0 Å². The first-order valence-corrected chi connectivity index (χ1v) is 5.97. The van der Waals surface area contributed by atoms with Gasteiger partial charge in [-0.2, -0.15) is 5.26 Å². The van der Waals surface area contributed by atoms with Crippen LogP contribution in [-0.4, -0.2) is 5.91 Å². The standard InChI is InChI=1S/C12H16N2OS/c1-8-5-6-10(16-8)9(2)14-11(15)12(3,4)7-13/h5-6,9H,1-4H3,(H,14,15). The van der Waals surface area contributed by atoms with E-state index in [1.54, 1.807) is 25.2 Å². The van der Waals surface area contributed by atoms with Crippen molar-refractivity contribution in [2.24, 2.45) is 5.41 Å². The van der Waals surface area contributed by atoms with Gasteiger partial charge in [-0.15, -0.1) is 11.3 Å². The van der Waals surface area contributed by atoms with Gasteiger partial charge >= 0.3 is 0 Å². The highest BCUT2D eigenvalue weighted by Crippen LogP contribution is 2.23. The molecule has 0 saturated heterocycles. The zero-order valence-electron chi connectivity index (χ0n) is 10.00. The second-order valence-electron chi connectivity index (χ2n) is 4.38. The van der Waals surface area contributed by atoms with Crippen molar-refractivity contribution in [1.82, 2.24) is 5.32 Å². The summed E-state index contributed by atoms with van der Waals surface area (Å²) in [5.41, 5.74) is -0.972. The lowest BCUT2D eigenvalue weighted by atomic mass is 9.94. The predicted molar refractivity (Wildman–Crippen MR) is 65.0 cm³/mol. The fourth-order valence-corrected chi connectivity index (χ4v) is 2.06. The maximum absolute atomic E-state index is 11.8. The van der Waals surface area contributed by atoms with E-state index in [4.69, 9.17) is 5.26 Å². The third-order valence-corrected chi connectivity index (χ3v) is 3.57. The van der Waals surface area contributed by atoms with Crippen molar-refractivity contribution in [2.75, 3.05) is 0 Å². The van der Waals surface area contributed by atoms with E-state index in [-0.39, 0.29) is 11.9 Å². The first-order chi connectivity index (χ1) is 7.36. The molecule has 1 heterocycles. The van der Waals surface area contributed by atoms with Gasteiger partial charge in [-0.3, -0.25) is 4.79 Å². The van der Waals surface area contributed by atoms with Crippen LogP contribution >= 0.6 is 11.3 Å². The molecule has 1 unspecified atom stereocenters. The van der Waals surface area contributed by atoms with Gasteiger partial charge in [0.2, 0.25) is 5.91 Å². The molecule has 0 fully saturated rings. The summed E-state index contributed by atoms with van der Waals surface area (Å²) in [7, 11) is 0. The lowest BCUT2D eigenvalue weighted by molar-refractivity contribution is -0.127. The maximum atomic E-state index is 11.8. The molecule has 0 saturated carbocycles. The Balaban J connectivity index is 2.70. The summed E-state index contributed by atoms with van der Waals surface area (Å²) in [6.07, 6.45) is 0. The monoisotopic (exact) mass is 236 g/mol. The Labute approximate surface area is 100 Å². The smallest absolute Gasteiger partial charge is 0.240 e. The number of aryl methyl sites for hydroxylation is 1. The fraction of sp³-hybridized carbons (Fsp3) is 0.500. The summed E-state index contributed by atoms with van der Waals surface area (Å²) < 4.78 is 0. The number of hydrogen-bond donors (Lipinski definition) is 1. The van der Waals surface area contributed by atoms with Crippen LogP contribution in [-0.2, 0) is 4.79 Å². The molecule has 1 aromatic rings.